The first-order valence-electron chi connectivity index (χ1n) is 8.94. The number of benzene rings is 1. The van der Waals surface area contributed by atoms with Crippen LogP contribution in [0.4, 0.5) is 0 Å². The van der Waals surface area contributed by atoms with E-state index in [2.05, 4.69) is 24.1 Å². The van der Waals surface area contributed by atoms with Crippen molar-refractivity contribution in [2.75, 3.05) is 34.4 Å². The average Bonchev–Trinajstić information content (AvgIpc) is 3.16. The molecular formula is C19H27NO5. The number of rotatable bonds is 3. The molecule has 0 amide bonds. The Labute approximate surface area is 148 Å². The van der Waals surface area contributed by atoms with E-state index >= 15 is 0 Å². The molecule has 2 aliphatic heterocycles. The summed E-state index contributed by atoms with van der Waals surface area (Å²) in [6, 6.07) is 6.59. The van der Waals surface area contributed by atoms with E-state index in [1.165, 1.54) is 5.56 Å². The summed E-state index contributed by atoms with van der Waals surface area (Å²) in [6.45, 7) is 1.30. The van der Waals surface area contributed by atoms with Gasteiger partial charge in [0.2, 0.25) is 0 Å². The highest BCUT2D eigenvalue weighted by Crippen LogP contribution is 2.54. The number of nitrogens with zero attached hydrogens (tertiary/aromatic N) is 1. The third-order valence-electron chi connectivity index (χ3n) is 6.34. The second kappa shape index (κ2) is 6.13. The summed E-state index contributed by atoms with van der Waals surface area (Å²) in [4.78, 5) is 2.40. The van der Waals surface area contributed by atoms with Crippen LogP contribution in [0.25, 0.3) is 0 Å². The van der Waals surface area contributed by atoms with Crippen LogP contribution in [-0.2, 0) is 14.9 Å². The number of likely N-dealkylation sites (tertiary alicyclic amines) is 1. The van der Waals surface area contributed by atoms with Crippen molar-refractivity contribution >= 4 is 0 Å². The molecule has 0 aromatic heterocycles. The van der Waals surface area contributed by atoms with E-state index in [1.54, 1.807) is 14.2 Å². The zero-order valence-electron chi connectivity index (χ0n) is 15.2. The summed E-state index contributed by atoms with van der Waals surface area (Å²) >= 11 is 0. The van der Waals surface area contributed by atoms with Gasteiger partial charge in [-0.1, -0.05) is 6.07 Å². The highest BCUT2D eigenvalue weighted by molar-refractivity contribution is 5.46. The molecule has 6 nitrogen and oxygen atoms in total. The summed E-state index contributed by atoms with van der Waals surface area (Å²) in [5.74, 6) is 0.887. The second-order valence-corrected chi connectivity index (χ2v) is 7.47. The first kappa shape index (κ1) is 17.1. The largest absolute Gasteiger partial charge is 0.493 e. The van der Waals surface area contributed by atoms with Crippen LogP contribution in [0.5, 0.6) is 11.5 Å². The Hall–Kier alpha value is -1.34. The minimum absolute atomic E-state index is 0.0554. The number of hydrogen-bond donors (Lipinski definition) is 1. The molecule has 3 fully saturated rings. The minimum Gasteiger partial charge on any atom is -0.493 e. The Morgan fingerprint density at radius 3 is 2.64 bits per heavy atom. The second-order valence-electron chi connectivity index (χ2n) is 7.47. The maximum absolute atomic E-state index is 9.77. The van der Waals surface area contributed by atoms with Gasteiger partial charge in [0.1, 0.15) is 6.61 Å². The molecule has 25 heavy (non-hydrogen) atoms. The zero-order valence-corrected chi connectivity index (χ0v) is 15.2. The van der Waals surface area contributed by atoms with Crippen LogP contribution in [0.15, 0.2) is 18.2 Å². The van der Waals surface area contributed by atoms with Crippen molar-refractivity contribution in [2.45, 2.75) is 49.2 Å². The van der Waals surface area contributed by atoms with E-state index < -0.39 is 12.1 Å². The van der Waals surface area contributed by atoms with E-state index in [0.717, 1.165) is 43.7 Å². The van der Waals surface area contributed by atoms with E-state index in [1.807, 2.05) is 6.07 Å². The fourth-order valence-electron chi connectivity index (χ4n) is 4.98. The van der Waals surface area contributed by atoms with Gasteiger partial charge in [0.05, 0.1) is 14.2 Å². The standard InChI is InChI=1S/C19H27NO5/c1-20-9-8-18(13-4-5-14(22-2)15(10-13)23-3)6-7-19(11-16(18)20)24-12-17(21)25-19/h4-5,10,16-17,21H,6-9,11-12H2,1-3H3. The van der Waals surface area contributed by atoms with Crippen molar-refractivity contribution in [1.82, 2.24) is 4.90 Å². The third-order valence-corrected chi connectivity index (χ3v) is 6.34. The molecule has 4 rings (SSSR count). The molecule has 1 spiro atoms. The summed E-state index contributed by atoms with van der Waals surface area (Å²) < 4.78 is 22.6. The van der Waals surface area contributed by atoms with E-state index in [4.69, 9.17) is 18.9 Å². The molecule has 2 saturated heterocycles. The van der Waals surface area contributed by atoms with Crippen LogP contribution in [0, 0.1) is 0 Å². The first-order valence-corrected chi connectivity index (χ1v) is 8.94. The van der Waals surface area contributed by atoms with Gasteiger partial charge in [-0.15, -0.1) is 0 Å². The third kappa shape index (κ3) is 2.63. The average molecular weight is 349 g/mol. The molecule has 1 aromatic rings. The van der Waals surface area contributed by atoms with Gasteiger partial charge in [0, 0.05) is 24.3 Å². The summed E-state index contributed by atoms with van der Waals surface area (Å²) in [7, 11) is 5.50. The van der Waals surface area contributed by atoms with Crippen molar-refractivity contribution < 1.29 is 24.1 Å². The lowest BCUT2D eigenvalue weighted by Gasteiger charge is -2.47. The topological polar surface area (TPSA) is 60.4 Å². The predicted molar refractivity (Wildman–Crippen MR) is 91.9 cm³/mol. The van der Waals surface area contributed by atoms with Crippen LogP contribution in [-0.4, -0.2) is 62.5 Å². The number of methoxy groups -OCH3 is 2. The Kier molecular flexibility index (Phi) is 4.19. The quantitative estimate of drug-likeness (QED) is 0.899. The summed E-state index contributed by atoms with van der Waals surface area (Å²) in [5, 5.41) is 9.77. The van der Waals surface area contributed by atoms with Crippen LogP contribution in [0.3, 0.4) is 0 Å². The Bertz CT molecular complexity index is 653. The molecule has 1 saturated carbocycles. The molecule has 4 atom stereocenters. The number of hydrogen-bond acceptors (Lipinski definition) is 6. The van der Waals surface area contributed by atoms with Gasteiger partial charge in [-0.2, -0.15) is 0 Å². The van der Waals surface area contributed by atoms with E-state index in [0.29, 0.717) is 6.04 Å². The van der Waals surface area contributed by atoms with Gasteiger partial charge < -0.3 is 29.0 Å². The lowest BCUT2D eigenvalue weighted by Crippen LogP contribution is -2.53. The van der Waals surface area contributed by atoms with Crippen molar-refractivity contribution in [3.8, 4) is 11.5 Å². The van der Waals surface area contributed by atoms with Gasteiger partial charge in [-0.05, 0) is 44.1 Å². The molecule has 1 aliphatic carbocycles. The van der Waals surface area contributed by atoms with Crippen molar-refractivity contribution in [3.05, 3.63) is 23.8 Å². The number of aliphatic hydroxyl groups is 1. The summed E-state index contributed by atoms with van der Waals surface area (Å²) in [5.41, 5.74) is 1.34. The van der Waals surface area contributed by atoms with E-state index in [-0.39, 0.29) is 12.0 Å². The Morgan fingerprint density at radius 2 is 1.96 bits per heavy atom. The lowest BCUT2D eigenvalue weighted by atomic mass is 9.64. The van der Waals surface area contributed by atoms with Gasteiger partial charge in [-0.25, -0.2) is 0 Å². The maximum Gasteiger partial charge on any atom is 0.181 e. The fraction of sp³-hybridized carbons (Fsp3) is 0.684. The minimum atomic E-state index is -0.805. The molecule has 4 unspecified atom stereocenters. The van der Waals surface area contributed by atoms with Crippen LogP contribution in [0.1, 0.15) is 31.2 Å². The molecule has 2 heterocycles. The normalized spacial score (nSPS) is 38.1. The SMILES string of the molecule is COc1ccc(C23CCN(C)C2CC2(CC3)OCC(O)O2)cc1OC. The molecule has 6 heteroatoms. The molecule has 0 radical (unpaired) electrons. The molecular weight excluding hydrogens is 322 g/mol. The fourth-order valence-corrected chi connectivity index (χ4v) is 4.98. The van der Waals surface area contributed by atoms with Crippen molar-refractivity contribution in [2.24, 2.45) is 0 Å². The molecule has 0 bridgehead atoms. The predicted octanol–water partition coefficient (Wildman–Crippen LogP) is 1.89. The Balaban J connectivity index is 1.68. The number of fused-ring (bicyclic) bond motifs is 1. The number of likely N-dealkylation sites (N-methyl/N-ethyl adjacent to an activating group) is 1. The first-order chi connectivity index (χ1) is 12.0. The van der Waals surface area contributed by atoms with Gasteiger partial charge in [-0.3, -0.25) is 0 Å². The smallest absolute Gasteiger partial charge is 0.181 e. The number of aliphatic hydroxyl groups excluding tert-OH is 1. The number of ether oxygens (including phenoxy) is 4. The zero-order chi connectivity index (χ0) is 17.7. The monoisotopic (exact) mass is 349 g/mol. The van der Waals surface area contributed by atoms with Gasteiger partial charge >= 0.3 is 0 Å². The van der Waals surface area contributed by atoms with E-state index in [9.17, 15) is 5.11 Å². The summed E-state index contributed by atoms with van der Waals surface area (Å²) in [6.07, 6.45) is 2.82. The highest BCUT2D eigenvalue weighted by atomic mass is 16.8. The van der Waals surface area contributed by atoms with Crippen LogP contribution >= 0.6 is 0 Å². The lowest BCUT2D eigenvalue weighted by molar-refractivity contribution is -0.226. The van der Waals surface area contributed by atoms with Crippen LogP contribution < -0.4 is 9.47 Å². The van der Waals surface area contributed by atoms with Gasteiger partial charge in [0.15, 0.2) is 23.6 Å². The maximum atomic E-state index is 9.77. The van der Waals surface area contributed by atoms with Crippen molar-refractivity contribution in [1.29, 1.82) is 0 Å². The molecule has 138 valence electrons. The Morgan fingerprint density at radius 1 is 1.16 bits per heavy atom. The highest BCUT2D eigenvalue weighted by Gasteiger charge is 2.57. The van der Waals surface area contributed by atoms with Crippen LogP contribution in [0.2, 0.25) is 0 Å². The van der Waals surface area contributed by atoms with Gasteiger partial charge in [0.25, 0.3) is 0 Å². The van der Waals surface area contributed by atoms with Crippen molar-refractivity contribution in [3.63, 3.8) is 0 Å². The molecule has 1 N–H and O–H groups in total. The molecule has 1 aromatic carbocycles. The molecule has 3 aliphatic rings.